The van der Waals surface area contributed by atoms with Crippen LogP contribution in [0.5, 0.6) is 0 Å². The van der Waals surface area contributed by atoms with Crippen LogP contribution < -0.4 is 5.46 Å². The van der Waals surface area contributed by atoms with E-state index in [1.807, 2.05) is 6.20 Å². The third kappa shape index (κ3) is 2.26. The van der Waals surface area contributed by atoms with Crippen LogP contribution >= 0.6 is 0 Å². The quantitative estimate of drug-likeness (QED) is 0.610. The molecule has 6 aliphatic rings. The second-order valence-corrected chi connectivity index (χ2v) is 12.0. The Morgan fingerprint density at radius 2 is 1.45 bits per heavy atom. The van der Waals surface area contributed by atoms with Gasteiger partial charge in [0.1, 0.15) is 0 Å². The minimum absolute atomic E-state index is 0.145. The van der Waals surface area contributed by atoms with Crippen molar-refractivity contribution < 1.29 is 9.31 Å². The van der Waals surface area contributed by atoms with E-state index in [0.29, 0.717) is 0 Å². The van der Waals surface area contributed by atoms with E-state index in [1.54, 1.807) is 5.56 Å². The molecule has 1 aromatic carbocycles. The summed E-state index contributed by atoms with van der Waals surface area (Å²) in [5.41, 5.74) is 6.16. The molecule has 8 rings (SSSR count). The third-order valence-corrected chi connectivity index (χ3v) is 9.93. The SMILES string of the molecule is CC1(C)OB(c2cnc3c(c2)C2(c4ccccc4-3)C3CC4CC(C3)CC2C4)OC1(C)C. The first kappa shape index (κ1) is 18.9. The highest BCUT2D eigenvalue weighted by Gasteiger charge is 2.62. The van der Waals surface area contributed by atoms with Crippen molar-refractivity contribution >= 4 is 12.6 Å². The van der Waals surface area contributed by atoms with Crippen molar-refractivity contribution in [1.29, 1.82) is 0 Å². The van der Waals surface area contributed by atoms with Gasteiger partial charge in [0.25, 0.3) is 0 Å². The molecule has 4 bridgehead atoms. The van der Waals surface area contributed by atoms with E-state index in [2.05, 4.69) is 58.0 Å². The van der Waals surface area contributed by atoms with Gasteiger partial charge >= 0.3 is 7.12 Å². The summed E-state index contributed by atoms with van der Waals surface area (Å²) >= 11 is 0. The van der Waals surface area contributed by atoms with E-state index >= 15 is 0 Å². The lowest BCUT2D eigenvalue weighted by atomic mass is 9.43. The van der Waals surface area contributed by atoms with E-state index in [0.717, 1.165) is 29.1 Å². The molecule has 0 radical (unpaired) electrons. The summed E-state index contributed by atoms with van der Waals surface area (Å²) in [6.45, 7) is 8.51. The van der Waals surface area contributed by atoms with Gasteiger partial charge in [-0.1, -0.05) is 30.3 Å². The highest BCUT2D eigenvalue weighted by molar-refractivity contribution is 6.62. The third-order valence-electron chi connectivity index (χ3n) is 9.93. The fourth-order valence-electron chi connectivity index (χ4n) is 8.12. The lowest BCUT2D eigenvalue weighted by Crippen LogP contribution is -2.55. The first-order chi connectivity index (χ1) is 14.8. The van der Waals surface area contributed by atoms with E-state index < -0.39 is 0 Å². The fourth-order valence-corrected chi connectivity index (χ4v) is 8.12. The number of nitrogens with zero attached hydrogens (tertiary/aromatic N) is 1. The number of pyridine rings is 1. The number of benzene rings is 1. The molecule has 1 aliphatic heterocycles. The fraction of sp³-hybridized carbons (Fsp3) is 0.593. The zero-order valence-electron chi connectivity index (χ0n) is 19.2. The highest BCUT2D eigenvalue weighted by atomic mass is 16.7. The zero-order valence-corrected chi connectivity index (χ0v) is 19.2. The maximum absolute atomic E-state index is 6.42. The minimum Gasteiger partial charge on any atom is -0.399 e. The van der Waals surface area contributed by atoms with Crippen molar-refractivity contribution in [3.63, 3.8) is 0 Å². The Hall–Kier alpha value is -1.65. The molecule has 2 heterocycles. The average molecular weight is 413 g/mol. The van der Waals surface area contributed by atoms with Crippen LogP contribution in [0.25, 0.3) is 11.3 Å². The van der Waals surface area contributed by atoms with Crippen molar-refractivity contribution in [3.8, 4) is 11.3 Å². The van der Waals surface area contributed by atoms with Gasteiger partial charge in [-0.2, -0.15) is 0 Å². The molecule has 1 saturated heterocycles. The molecular formula is C27H32BNO2. The topological polar surface area (TPSA) is 31.4 Å². The Kier molecular flexibility index (Phi) is 3.55. The summed E-state index contributed by atoms with van der Waals surface area (Å²) in [7, 11) is -0.347. The monoisotopic (exact) mass is 413 g/mol. The molecule has 1 spiro atoms. The number of rotatable bonds is 1. The Balaban J connectivity index is 1.40. The number of hydrogen-bond acceptors (Lipinski definition) is 3. The number of fused-ring (bicyclic) bond motifs is 3. The summed E-state index contributed by atoms with van der Waals surface area (Å²) < 4.78 is 12.8. The first-order valence-corrected chi connectivity index (χ1v) is 12.3. The van der Waals surface area contributed by atoms with Crippen LogP contribution in [0.4, 0.5) is 0 Å². The van der Waals surface area contributed by atoms with E-state index in [-0.39, 0.29) is 23.7 Å². The smallest absolute Gasteiger partial charge is 0.399 e. The average Bonchev–Trinajstić information content (AvgIpc) is 3.13. The van der Waals surface area contributed by atoms with Crippen molar-refractivity contribution in [2.45, 2.75) is 76.4 Å². The van der Waals surface area contributed by atoms with Crippen LogP contribution in [0, 0.1) is 23.7 Å². The molecule has 1 aromatic heterocycles. The van der Waals surface area contributed by atoms with Crippen LogP contribution in [0.1, 0.15) is 70.9 Å². The van der Waals surface area contributed by atoms with E-state index in [4.69, 9.17) is 14.3 Å². The summed E-state index contributed by atoms with van der Waals surface area (Å²) in [5.74, 6) is 3.40. The lowest BCUT2D eigenvalue weighted by Gasteiger charge is -2.61. The molecule has 5 aliphatic carbocycles. The number of aromatic nitrogens is 1. The van der Waals surface area contributed by atoms with Crippen molar-refractivity contribution in [1.82, 2.24) is 4.98 Å². The van der Waals surface area contributed by atoms with Gasteiger partial charge in [0, 0.05) is 22.6 Å². The van der Waals surface area contributed by atoms with Gasteiger partial charge in [-0.25, -0.2) is 0 Å². The molecule has 0 unspecified atom stereocenters. The Labute approximate surface area is 186 Å². The number of hydrogen-bond donors (Lipinski definition) is 0. The Morgan fingerprint density at radius 1 is 0.839 bits per heavy atom. The molecule has 4 heteroatoms. The molecule has 160 valence electrons. The van der Waals surface area contributed by atoms with Crippen LogP contribution in [-0.2, 0) is 14.7 Å². The summed E-state index contributed by atoms with van der Waals surface area (Å²) in [6, 6.07) is 11.6. The van der Waals surface area contributed by atoms with Crippen molar-refractivity contribution in [2.24, 2.45) is 23.7 Å². The maximum atomic E-state index is 6.42. The molecule has 5 fully saturated rings. The minimum atomic E-state index is -0.347. The van der Waals surface area contributed by atoms with Gasteiger partial charge < -0.3 is 9.31 Å². The van der Waals surface area contributed by atoms with Gasteiger partial charge in [0.2, 0.25) is 0 Å². The Morgan fingerprint density at radius 3 is 2.10 bits per heavy atom. The standard InChI is InChI=1S/C27H32BNO2/c1-25(2)26(3,4)31-28(30-25)20-14-23-24(29-15-20)21-7-5-6-8-22(21)27(23)18-10-16-9-17(12-18)13-19(27)11-16/h5-8,14-19H,9-13H2,1-4H3. The van der Waals surface area contributed by atoms with Gasteiger partial charge in [-0.15, -0.1) is 0 Å². The molecule has 0 atom stereocenters. The largest absolute Gasteiger partial charge is 0.496 e. The summed E-state index contributed by atoms with van der Waals surface area (Å²) in [4.78, 5) is 5.09. The summed E-state index contributed by atoms with van der Waals surface area (Å²) in [6.07, 6.45) is 9.04. The first-order valence-electron chi connectivity index (χ1n) is 12.3. The summed E-state index contributed by atoms with van der Waals surface area (Å²) in [5, 5.41) is 0. The van der Waals surface area contributed by atoms with Gasteiger partial charge in [0.05, 0.1) is 16.9 Å². The van der Waals surface area contributed by atoms with Crippen LogP contribution in [0.3, 0.4) is 0 Å². The van der Waals surface area contributed by atoms with Crippen molar-refractivity contribution in [3.05, 3.63) is 47.7 Å². The predicted molar refractivity (Wildman–Crippen MR) is 123 cm³/mol. The highest BCUT2D eigenvalue weighted by Crippen LogP contribution is 2.68. The predicted octanol–water partition coefficient (Wildman–Crippen LogP) is 5.10. The maximum Gasteiger partial charge on any atom is 0.496 e. The molecule has 0 amide bonds. The lowest BCUT2D eigenvalue weighted by molar-refractivity contribution is -0.0399. The Bertz CT molecular complexity index is 1050. The zero-order chi connectivity index (χ0) is 21.2. The van der Waals surface area contributed by atoms with Crippen LogP contribution in [-0.4, -0.2) is 23.3 Å². The van der Waals surface area contributed by atoms with Gasteiger partial charge in [-0.3, -0.25) is 4.98 Å². The molecule has 0 N–H and O–H groups in total. The second-order valence-electron chi connectivity index (χ2n) is 12.0. The molecule has 2 aromatic rings. The van der Waals surface area contributed by atoms with Crippen LogP contribution in [0.15, 0.2) is 36.5 Å². The second kappa shape index (κ2) is 5.82. The van der Waals surface area contributed by atoms with Gasteiger partial charge in [0.15, 0.2) is 0 Å². The molecule has 31 heavy (non-hydrogen) atoms. The van der Waals surface area contributed by atoms with Crippen LogP contribution in [0.2, 0.25) is 0 Å². The molecule has 4 saturated carbocycles. The molecular weight excluding hydrogens is 381 g/mol. The van der Waals surface area contributed by atoms with E-state index in [9.17, 15) is 0 Å². The normalized spacial score (nSPS) is 38.0. The molecule has 3 nitrogen and oxygen atoms in total. The van der Waals surface area contributed by atoms with E-state index in [1.165, 1.54) is 48.9 Å². The van der Waals surface area contributed by atoms with Crippen molar-refractivity contribution in [2.75, 3.05) is 0 Å². The van der Waals surface area contributed by atoms with Gasteiger partial charge in [-0.05, 0) is 94.6 Å².